The van der Waals surface area contributed by atoms with E-state index in [1.54, 1.807) is 19.3 Å². The van der Waals surface area contributed by atoms with E-state index in [2.05, 4.69) is 32.7 Å². The van der Waals surface area contributed by atoms with E-state index < -0.39 is 0 Å². The van der Waals surface area contributed by atoms with Crippen LogP contribution < -0.4 is 15.4 Å². The van der Waals surface area contributed by atoms with Crippen LogP contribution in [-0.4, -0.2) is 66.1 Å². The predicted octanol–water partition coefficient (Wildman–Crippen LogP) is 3.04. The topological polar surface area (TPSA) is 106 Å². The average molecular weight is 476 g/mol. The van der Waals surface area contributed by atoms with Crippen LogP contribution in [0.25, 0.3) is 10.9 Å². The maximum absolute atomic E-state index is 12.6. The van der Waals surface area contributed by atoms with Crippen molar-refractivity contribution in [3.8, 4) is 5.75 Å². The highest BCUT2D eigenvalue weighted by molar-refractivity contribution is 6.03. The van der Waals surface area contributed by atoms with Crippen LogP contribution in [0.15, 0.2) is 60.9 Å². The van der Waals surface area contributed by atoms with Crippen LogP contribution in [0, 0.1) is 0 Å². The van der Waals surface area contributed by atoms with E-state index in [4.69, 9.17) is 9.47 Å². The first-order valence-corrected chi connectivity index (χ1v) is 11.5. The molecule has 0 bridgehead atoms. The lowest BCUT2D eigenvalue weighted by molar-refractivity contribution is -0.156. The molecule has 9 nitrogen and oxygen atoms in total. The number of rotatable bonds is 9. The van der Waals surface area contributed by atoms with Gasteiger partial charge in [0, 0.05) is 37.2 Å². The van der Waals surface area contributed by atoms with Crippen LogP contribution in [0.1, 0.15) is 12.5 Å². The Morgan fingerprint density at radius 3 is 2.86 bits per heavy atom. The van der Waals surface area contributed by atoms with E-state index in [9.17, 15) is 9.59 Å². The molecule has 1 amide bonds. The smallest absolute Gasteiger partial charge is 0.320 e. The monoisotopic (exact) mass is 475 g/mol. The number of carbonyl (C=O) groups excluding carboxylic acids is 2. The first kappa shape index (κ1) is 24.2. The van der Waals surface area contributed by atoms with Gasteiger partial charge in [0.1, 0.15) is 24.0 Å². The highest BCUT2D eigenvalue weighted by atomic mass is 16.5. The minimum absolute atomic E-state index is 0.155. The number of carbonyl (C=O) groups is 2. The maximum Gasteiger partial charge on any atom is 0.320 e. The van der Waals surface area contributed by atoms with E-state index in [-0.39, 0.29) is 24.5 Å². The van der Waals surface area contributed by atoms with Crippen LogP contribution in [0.2, 0.25) is 0 Å². The molecule has 1 fully saturated rings. The number of hydrogen-bond donors (Lipinski definition) is 2. The number of fused-ring (bicyclic) bond motifs is 1. The van der Waals surface area contributed by atoms with Crippen LogP contribution in [-0.2, 0) is 20.7 Å². The lowest BCUT2D eigenvalue weighted by atomic mass is 10.1. The fourth-order valence-corrected chi connectivity index (χ4v) is 3.99. The number of aromatic nitrogens is 2. The Morgan fingerprint density at radius 1 is 1.26 bits per heavy atom. The zero-order chi connectivity index (χ0) is 24.6. The molecular formula is C26H29N5O4. The van der Waals surface area contributed by atoms with Crippen LogP contribution in [0.5, 0.6) is 5.75 Å². The Kier molecular flexibility index (Phi) is 7.89. The summed E-state index contributed by atoms with van der Waals surface area (Å²) in [5.74, 6) is 0.634. The number of esters is 1. The van der Waals surface area contributed by atoms with E-state index >= 15 is 0 Å². The number of hydrogen-bond acceptors (Lipinski definition) is 8. The largest absolute Gasteiger partial charge is 0.494 e. The summed E-state index contributed by atoms with van der Waals surface area (Å²) in [5.41, 5.74) is 2.46. The molecule has 0 saturated carbocycles. The number of morpholine rings is 1. The standard InChI is InChI=1S/C26H29N5O4/c1-18-15-31(16-25(33)35-18)12-6-9-24(32)30-22-13-20-21(14-23(22)34-2)28-17-29-26(20)27-11-10-19-7-4-3-5-8-19/h3-9,13-14,17-18H,10-12,15-16H2,1-2H3,(H,30,32)(H,27,28,29)/t18-/m1/s1. The van der Waals surface area contributed by atoms with Gasteiger partial charge in [-0.15, -0.1) is 0 Å². The molecule has 1 saturated heterocycles. The van der Waals surface area contributed by atoms with Crippen molar-refractivity contribution in [2.24, 2.45) is 0 Å². The van der Waals surface area contributed by atoms with Gasteiger partial charge in [0.05, 0.1) is 24.9 Å². The van der Waals surface area contributed by atoms with E-state index in [0.717, 1.165) is 11.8 Å². The van der Waals surface area contributed by atoms with Crippen molar-refractivity contribution in [1.29, 1.82) is 0 Å². The summed E-state index contributed by atoms with van der Waals surface area (Å²) in [6.45, 7) is 3.88. The molecule has 1 atom stereocenters. The van der Waals surface area contributed by atoms with Crippen molar-refractivity contribution in [3.05, 3.63) is 66.5 Å². The van der Waals surface area contributed by atoms with Gasteiger partial charge in [-0.3, -0.25) is 14.5 Å². The first-order chi connectivity index (χ1) is 17.0. The molecule has 9 heteroatoms. The van der Waals surface area contributed by atoms with Crippen molar-refractivity contribution in [3.63, 3.8) is 0 Å². The Labute approximate surface area is 204 Å². The predicted molar refractivity (Wildman–Crippen MR) is 134 cm³/mol. The van der Waals surface area contributed by atoms with E-state index in [1.165, 1.54) is 18.0 Å². The summed E-state index contributed by atoms with van der Waals surface area (Å²) in [6, 6.07) is 13.8. The molecule has 4 rings (SSSR count). The van der Waals surface area contributed by atoms with E-state index in [1.807, 2.05) is 36.1 Å². The van der Waals surface area contributed by atoms with E-state index in [0.29, 0.717) is 42.4 Å². The molecule has 0 unspecified atom stereocenters. The highest BCUT2D eigenvalue weighted by Crippen LogP contribution is 2.32. The van der Waals surface area contributed by atoms with Gasteiger partial charge in [-0.05, 0) is 25.0 Å². The maximum atomic E-state index is 12.6. The van der Waals surface area contributed by atoms with Crippen molar-refractivity contribution in [2.75, 3.05) is 43.9 Å². The van der Waals surface area contributed by atoms with Gasteiger partial charge in [-0.25, -0.2) is 9.97 Å². The molecule has 35 heavy (non-hydrogen) atoms. The van der Waals surface area contributed by atoms with Crippen molar-refractivity contribution in [2.45, 2.75) is 19.4 Å². The van der Waals surface area contributed by atoms with Crippen molar-refractivity contribution >= 4 is 34.3 Å². The van der Waals surface area contributed by atoms with Crippen LogP contribution >= 0.6 is 0 Å². The molecular weight excluding hydrogens is 446 g/mol. The zero-order valence-corrected chi connectivity index (χ0v) is 19.9. The SMILES string of the molecule is COc1cc2ncnc(NCCc3ccccc3)c2cc1NC(=O)C=CCN1CC(=O)O[C@H](C)C1. The summed E-state index contributed by atoms with van der Waals surface area (Å²) >= 11 is 0. The van der Waals surface area contributed by atoms with Crippen molar-refractivity contribution < 1.29 is 19.1 Å². The van der Waals surface area contributed by atoms with Gasteiger partial charge in [-0.2, -0.15) is 0 Å². The number of anilines is 2. The summed E-state index contributed by atoms with van der Waals surface area (Å²) in [5, 5.41) is 7.02. The minimum atomic E-state index is -0.300. The van der Waals surface area contributed by atoms with Gasteiger partial charge in [0.15, 0.2) is 0 Å². The molecule has 3 aromatic rings. The third-order valence-corrected chi connectivity index (χ3v) is 5.60. The lowest BCUT2D eigenvalue weighted by Gasteiger charge is -2.29. The van der Waals surface area contributed by atoms with Gasteiger partial charge in [0.2, 0.25) is 5.91 Å². The third-order valence-electron chi connectivity index (χ3n) is 5.60. The second kappa shape index (κ2) is 11.4. The number of methoxy groups -OCH3 is 1. The Morgan fingerprint density at radius 2 is 2.09 bits per heavy atom. The van der Waals surface area contributed by atoms with Crippen LogP contribution in [0.3, 0.4) is 0 Å². The number of cyclic esters (lactones) is 1. The van der Waals surface area contributed by atoms with Crippen molar-refractivity contribution in [1.82, 2.24) is 14.9 Å². The third kappa shape index (κ3) is 6.54. The highest BCUT2D eigenvalue weighted by Gasteiger charge is 2.22. The van der Waals surface area contributed by atoms with Gasteiger partial charge >= 0.3 is 5.97 Å². The molecule has 1 aliphatic rings. The zero-order valence-electron chi connectivity index (χ0n) is 19.9. The number of amides is 1. The average Bonchev–Trinajstić information content (AvgIpc) is 2.84. The molecule has 2 N–H and O–H groups in total. The molecule has 2 heterocycles. The fraction of sp³-hybridized carbons (Fsp3) is 0.308. The quantitative estimate of drug-likeness (QED) is 0.359. The second-order valence-electron chi connectivity index (χ2n) is 8.34. The number of benzene rings is 2. The Balaban J connectivity index is 1.44. The molecule has 0 spiro atoms. The number of nitrogens with zero attached hydrogens (tertiary/aromatic N) is 3. The lowest BCUT2D eigenvalue weighted by Crippen LogP contribution is -2.44. The molecule has 0 radical (unpaired) electrons. The second-order valence-corrected chi connectivity index (χ2v) is 8.34. The fourth-order valence-electron chi connectivity index (χ4n) is 3.99. The summed E-state index contributed by atoms with van der Waals surface area (Å²) in [6.07, 6.45) is 5.38. The Bertz CT molecular complexity index is 1220. The van der Waals surface area contributed by atoms with Gasteiger partial charge in [0.25, 0.3) is 0 Å². The molecule has 1 aliphatic heterocycles. The first-order valence-electron chi connectivity index (χ1n) is 11.5. The summed E-state index contributed by atoms with van der Waals surface area (Å²) in [4.78, 5) is 34.8. The van der Waals surface area contributed by atoms with Gasteiger partial charge in [-0.1, -0.05) is 36.4 Å². The Hall–Kier alpha value is -3.98. The normalized spacial score (nSPS) is 16.3. The summed E-state index contributed by atoms with van der Waals surface area (Å²) in [7, 11) is 1.55. The number of ether oxygens (including phenoxy) is 2. The van der Waals surface area contributed by atoms with Crippen LogP contribution in [0.4, 0.5) is 11.5 Å². The molecule has 0 aliphatic carbocycles. The minimum Gasteiger partial charge on any atom is -0.494 e. The van der Waals surface area contributed by atoms with Gasteiger partial charge < -0.3 is 20.1 Å². The molecule has 2 aromatic carbocycles. The molecule has 182 valence electrons. The number of nitrogens with one attached hydrogen (secondary N) is 2. The molecule has 1 aromatic heterocycles. The summed E-state index contributed by atoms with van der Waals surface area (Å²) < 4.78 is 10.6.